The summed E-state index contributed by atoms with van der Waals surface area (Å²) in [5.74, 6) is 0. The standard InChI is InChI=1S/C3H7NS2.Co.Na.H/c1-4(2)3(5)6;;;/h1-2H3,(H,5,6);;;/q;;+1;-1. The van der Waals surface area contributed by atoms with E-state index in [4.69, 9.17) is 0 Å². The normalized spacial score (nSPS) is 5.88. The Bertz CT molecular complexity index is 72.8. The van der Waals surface area contributed by atoms with E-state index in [0.29, 0.717) is 4.32 Å². The van der Waals surface area contributed by atoms with Crippen molar-refractivity contribution in [2.24, 2.45) is 0 Å². The Morgan fingerprint density at radius 2 is 1.75 bits per heavy atom. The Morgan fingerprint density at radius 1 is 1.62 bits per heavy atom. The Hall–Kier alpha value is 1.75. The zero-order chi connectivity index (χ0) is 5.15. The molecule has 0 saturated heterocycles. The number of nitrogens with zero attached hydrogens (tertiary/aromatic N) is 1. The van der Waals surface area contributed by atoms with Crippen LogP contribution in [0.1, 0.15) is 1.43 Å². The Morgan fingerprint density at radius 3 is 1.75 bits per heavy atom. The molecule has 0 aliphatic heterocycles. The molecule has 0 unspecified atom stereocenters. The fourth-order valence-corrected chi connectivity index (χ4v) is 0. The third-order valence-corrected chi connectivity index (χ3v) is 1.15. The minimum atomic E-state index is 0. The van der Waals surface area contributed by atoms with E-state index in [0.717, 1.165) is 0 Å². The molecule has 0 atom stereocenters. The van der Waals surface area contributed by atoms with Crippen LogP contribution in [-0.4, -0.2) is 23.3 Å². The predicted molar refractivity (Wildman–Crippen MR) is 36.4 cm³/mol. The van der Waals surface area contributed by atoms with Crippen molar-refractivity contribution >= 4 is 29.2 Å². The monoisotopic (exact) mass is 204 g/mol. The molecule has 1 nitrogen and oxygen atoms in total. The molecule has 5 heteroatoms. The summed E-state index contributed by atoms with van der Waals surface area (Å²) in [6.45, 7) is 0. The first-order valence-electron chi connectivity index (χ1n) is 1.55. The van der Waals surface area contributed by atoms with Gasteiger partial charge in [0.1, 0.15) is 4.32 Å². The number of thiocarbonyl (C=S) groups is 1. The summed E-state index contributed by atoms with van der Waals surface area (Å²) in [6.07, 6.45) is 0. The molecule has 0 aromatic rings. The smallest absolute Gasteiger partial charge is 1.00 e. The molecule has 0 aromatic carbocycles. The molecule has 0 rings (SSSR count). The summed E-state index contributed by atoms with van der Waals surface area (Å²) in [5.41, 5.74) is 0. The molecule has 0 spiro atoms. The second kappa shape index (κ2) is 8.75. The van der Waals surface area contributed by atoms with Gasteiger partial charge in [0, 0.05) is 30.9 Å². The summed E-state index contributed by atoms with van der Waals surface area (Å²) >= 11 is 8.46. The van der Waals surface area contributed by atoms with Crippen LogP contribution in [0.2, 0.25) is 0 Å². The molecule has 1 radical (unpaired) electrons. The van der Waals surface area contributed by atoms with Gasteiger partial charge in [-0.05, 0) is 0 Å². The molecular formula is C3H8CoNNaS2. The largest absolute Gasteiger partial charge is 1.00 e. The topological polar surface area (TPSA) is 3.24 Å². The van der Waals surface area contributed by atoms with Gasteiger partial charge in [0.05, 0.1) is 0 Å². The maximum Gasteiger partial charge on any atom is 1.00 e. The molecule has 0 fully saturated rings. The number of rotatable bonds is 0. The first-order chi connectivity index (χ1) is 2.64. The zero-order valence-corrected chi connectivity index (χ0v) is 9.89. The van der Waals surface area contributed by atoms with Gasteiger partial charge < -0.3 is 6.33 Å². The van der Waals surface area contributed by atoms with Crippen molar-refractivity contribution in [2.45, 2.75) is 0 Å². The summed E-state index contributed by atoms with van der Waals surface area (Å²) in [7, 11) is 3.71. The summed E-state index contributed by atoms with van der Waals surface area (Å²) in [4.78, 5) is 1.76. The van der Waals surface area contributed by atoms with Gasteiger partial charge in [-0.3, -0.25) is 0 Å². The molecule has 0 aromatic heterocycles. The molecule has 0 aliphatic carbocycles. The van der Waals surface area contributed by atoms with E-state index in [1.165, 1.54) is 0 Å². The van der Waals surface area contributed by atoms with Crippen molar-refractivity contribution in [3.63, 3.8) is 0 Å². The van der Waals surface area contributed by atoms with Crippen LogP contribution in [0.4, 0.5) is 0 Å². The number of hydrogen-bond acceptors (Lipinski definition) is 1. The molecule has 0 bridgehead atoms. The Labute approximate surface area is 95.0 Å². The minimum Gasteiger partial charge on any atom is -1.00 e. The number of thiol groups is 1. The van der Waals surface area contributed by atoms with Crippen molar-refractivity contribution < 1.29 is 47.8 Å². The predicted octanol–water partition coefficient (Wildman–Crippen LogP) is -2.12. The van der Waals surface area contributed by atoms with Crippen molar-refractivity contribution in [1.29, 1.82) is 0 Å². The van der Waals surface area contributed by atoms with Crippen LogP contribution in [0.15, 0.2) is 0 Å². The van der Waals surface area contributed by atoms with Gasteiger partial charge in [0.15, 0.2) is 0 Å². The average molecular weight is 204 g/mol. The maximum atomic E-state index is 4.61. The first-order valence-corrected chi connectivity index (χ1v) is 2.40. The number of hydrogen-bond donors (Lipinski definition) is 1. The van der Waals surface area contributed by atoms with Crippen LogP contribution in [-0.2, 0) is 16.8 Å². The molecule has 0 amide bonds. The fraction of sp³-hybridized carbons (Fsp3) is 0.667. The molecule has 0 N–H and O–H groups in total. The van der Waals surface area contributed by atoms with Gasteiger partial charge in [-0.2, -0.15) is 0 Å². The van der Waals surface area contributed by atoms with Gasteiger partial charge in [0.25, 0.3) is 0 Å². The molecule has 0 aliphatic rings. The fourth-order valence-electron chi connectivity index (χ4n) is 0. The quantitative estimate of drug-likeness (QED) is 0.273. The van der Waals surface area contributed by atoms with E-state index in [1.807, 2.05) is 14.1 Å². The third kappa shape index (κ3) is 10.7. The SMILES string of the molecule is CN(C)C(=S)S.[Co].[H-].[Na+]. The van der Waals surface area contributed by atoms with Crippen molar-refractivity contribution in [2.75, 3.05) is 14.1 Å². The van der Waals surface area contributed by atoms with Gasteiger partial charge >= 0.3 is 29.6 Å². The molecule has 0 heterocycles. The van der Waals surface area contributed by atoms with Crippen LogP contribution >= 0.6 is 24.8 Å². The average Bonchev–Trinajstić information content (AvgIpc) is 1.36. The van der Waals surface area contributed by atoms with E-state index >= 15 is 0 Å². The van der Waals surface area contributed by atoms with E-state index in [1.54, 1.807) is 4.90 Å². The zero-order valence-electron chi connectivity index (χ0n) is 6.14. The van der Waals surface area contributed by atoms with Gasteiger partial charge in [-0.25, -0.2) is 0 Å². The summed E-state index contributed by atoms with van der Waals surface area (Å²) < 4.78 is 0.620. The van der Waals surface area contributed by atoms with Crippen LogP contribution < -0.4 is 29.6 Å². The van der Waals surface area contributed by atoms with Gasteiger partial charge in [-0.15, -0.1) is 12.6 Å². The minimum absolute atomic E-state index is 0. The van der Waals surface area contributed by atoms with Crippen LogP contribution in [0.3, 0.4) is 0 Å². The van der Waals surface area contributed by atoms with Crippen molar-refractivity contribution in [3.8, 4) is 0 Å². The van der Waals surface area contributed by atoms with E-state index in [-0.39, 0.29) is 47.8 Å². The van der Waals surface area contributed by atoms with Gasteiger partial charge in [0.2, 0.25) is 0 Å². The summed E-state index contributed by atoms with van der Waals surface area (Å²) in [6, 6.07) is 0. The van der Waals surface area contributed by atoms with Crippen LogP contribution in [0.5, 0.6) is 0 Å². The van der Waals surface area contributed by atoms with E-state index < -0.39 is 0 Å². The van der Waals surface area contributed by atoms with Crippen LogP contribution in [0.25, 0.3) is 0 Å². The second-order valence-corrected chi connectivity index (χ2v) is 2.29. The third-order valence-electron chi connectivity index (χ3n) is 0.383. The van der Waals surface area contributed by atoms with Crippen molar-refractivity contribution in [1.82, 2.24) is 4.90 Å². The van der Waals surface area contributed by atoms with Crippen LogP contribution in [0, 0.1) is 0 Å². The molecule has 0 saturated carbocycles. The van der Waals surface area contributed by atoms with E-state index in [9.17, 15) is 0 Å². The first kappa shape index (κ1) is 16.4. The van der Waals surface area contributed by atoms with Crippen molar-refractivity contribution in [3.05, 3.63) is 0 Å². The maximum absolute atomic E-state index is 4.61. The summed E-state index contributed by atoms with van der Waals surface area (Å²) in [5, 5.41) is 0. The molecular weight excluding hydrogens is 196 g/mol. The van der Waals surface area contributed by atoms with Gasteiger partial charge in [-0.1, -0.05) is 12.2 Å². The Balaban J connectivity index is -0.0000000417. The Kier molecular flexibility index (Phi) is 17.9. The molecule has 8 heavy (non-hydrogen) atoms. The van der Waals surface area contributed by atoms with E-state index in [2.05, 4.69) is 24.8 Å². The second-order valence-electron chi connectivity index (χ2n) is 1.18. The molecule has 47 valence electrons.